The first kappa shape index (κ1) is 23.1. The second-order valence-electron chi connectivity index (χ2n) is 8.68. The molecule has 0 fully saturated rings. The first-order valence-corrected chi connectivity index (χ1v) is 11.9. The number of para-hydroxylation sites is 1. The molecule has 0 saturated heterocycles. The Morgan fingerprint density at radius 3 is 2.69 bits per heavy atom. The van der Waals surface area contributed by atoms with Gasteiger partial charge in [0, 0.05) is 35.7 Å². The first-order valence-electron chi connectivity index (χ1n) is 11.9. The van der Waals surface area contributed by atoms with Crippen molar-refractivity contribution in [3.05, 3.63) is 95.8 Å². The SMILES string of the molecule is CC(=O)N1CCC=C(C#Cc2ccc3ncnc(Nc4ccc(Oc5ccccc5)c(C)c4)c3c2)C1. The monoisotopic (exact) mass is 474 g/mol. The third kappa shape index (κ3) is 5.37. The topological polar surface area (TPSA) is 67.4 Å². The molecule has 1 N–H and O–H groups in total. The molecule has 0 aliphatic carbocycles. The Morgan fingerprint density at radius 1 is 1.03 bits per heavy atom. The average molecular weight is 475 g/mol. The molecule has 1 aliphatic heterocycles. The van der Waals surface area contributed by atoms with Crippen molar-refractivity contribution < 1.29 is 9.53 Å². The molecular formula is C30H26N4O2. The summed E-state index contributed by atoms with van der Waals surface area (Å²) in [6.07, 6.45) is 4.49. The lowest BCUT2D eigenvalue weighted by Crippen LogP contribution is -2.33. The van der Waals surface area contributed by atoms with Crippen LogP contribution in [0.25, 0.3) is 10.9 Å². The summed E-state index contributed by atoms with van der Waals surface area (Å²) in [4.78, 5) is 22.4. The molecule has 2 heterocycles. The van der Waals surface area contributed by atoms with Gasteiger partial charge in [0.05, 0.1) is 12.1 Å². The highest BCUT2D eigenvalue weighted by Crippen LogP contribution is 2.30. The molecule has 1 aromatic heterocycles. The van der Waals surface area contributed by atoms with Gasteiger partial charge in [0.2, 0.25) is 5.91 Å². The van der Waals surface area contributed by atoms with Crippen LogP contribution in [0.4, 0.5) is 11.5 Å². The van der Waals surface area contributed by atoms with Crippen LogP contribution in [0, 0.1) is 18.8 Å². The van der Waals surface area contributed by atoms with Crippen molar-refractivity contribution in [1.82, 2.24) is 14.9 Å². The predicted octanol–water partition coefficient (Wildman–Crippen LogP) is 6.00. The van der Waals surface area contributed by atoms with Gasteiger partial charge in [-0.05, 0) is 67.4 Å². The van der Waals surface area contributed by atoms with E-state index >= 15 is 0 Å². The third-order valence-electron chi connectivity index (χ3n) is 6.01. The molecule has 0 unspecified atom stereocenters. The Balaban J connectivity index is 1.37. The van der Waals surface area contributed by atoms with Crippen LogP contribution in [0.5, 0.6) is 11.5 Å². The number of carbonyl (C=O) groups is 1. The van der Waals surface area contributed by atoms with E-state index in [2.05, 4.69) is 33.2 Å². The Kier molecular flexibility index (Phi) is 6.63. The third-order valence-corrected chi connectivity index (χ3v) is 6.01. The van der Waals surface area contributed by atoms with Crippen LogP contribution in [-0.2, 0) is 4.79 Å². The van der Waals surface area contributed by atoms with Crippen molar-refractivity contribution in [3.8, 4) is 23.3 Å². The molecule has 0 atom stereocenters. The Bertz CT molecular complexity index is 1520. The van der Waals surface area contributed by atoms with E-state index in [9.17, 15) is 4.79 Å². The fourth-order valence-corrected chi connectivity index (χ4v) is 4.08. The fraction of sp³-hybridized carbons (Fsp3) is 0.167. The Hall–Kier alpha value is -4.63. The molecule has 36 heavy (non-hydrogen) atoms. The van der Waals surface area contributed by atoms with Gasteiger partial charge in [-0.2, -0.15) is 0 Å². The summed E-state index contributed by atoms with van der Waals surface area (Å²) >= 11 is 0. The first-order chi connectivity index (χ1) is 17.5. The quantitative estimate of drug-likeness (QED) is 0.367. The van der Waals surface area contributed by atoms with Crippen LogP contribution in [0.15, 0.2) is 84.7 Å². The van der Waals surface area contributed by atoms with E-state index < -0.39 is 0 Å². The molecule has 3 aromatic carbocycles. The smallest absolute Gasteiger partial charge is 0.219 e. The number of aromatic nitrogens is 2. The highest BCUT2D eigenvalue weighted by molar-refractivity contribution is 5.91. The minimum atomic E-state index is 0.0795. The van der Waals surface area contributed by atoms with Crippen LogP contribution < -0.4 is 10.1 Å². The van der Waals surface area contributed by atoms with Crippen molar-refractivity contribution in [2.75, 3.05) is 18.4 Å². The fourth-order valence-electron chi connectivity index (χ4n) is 4.08. The molecule has 0 spiro atoms. The lowest BCUT2D eigenvalue weighted by atomic mass is 10.1. The van der Waals surface area contributed by atoms with E-state index in [1.54, 1.807) is 13.3 Å². The van der Waals surface area contributed by atoms with E-state index in [4.69, 9.17) is 4.74 Å². The van der Waals surface area contributed by atoms with Crippen molar-refractivity contribution in [3.63, 3.8) is 0 Å². The van der Waals surface area contributed by atoms with Gasteiger partial charge in [0.25, 0.3) is 0 Å². The van der Waals surface area contributed by atoms with Crippen molar-refractivity contribution in [2.45, 2.75) is 20.3 Å². The minimum absolute atomic E-state index is 0.0795. The van der Waals surface area contributed by atoms with Gasteiger partial charge in [-0.15, -0.1) is 0 Å². The zero-order valence-electron chi connectivity index (χ0n) is 20.3. The normalized spacial score (nSPS) is 12.9. The van der Waals surface area contributed by atoms with Crippen LogP contribution in [0.3, 0.4) is 0 Å². The number of amides is 1. The summed E-state index contributed by atoms with van der Waals surface area (Å²) in [5.41, 5.74) is 4.57. The highest BCUT2D eigenvalue weighted by atomic mass is 16.5. The molecule has 0 bridgehead atoms. The number of rotatable bonds is 4. The van der Waals surface area contributed by atoms with Gasteiger partial charge in [-0.3, -0.25) is 4.79 Å². The molecule has 0 radical (unpaired) electrons. The maximum absolute atomic E-state index is 11.7. The summed E-state index contributed by atoms with van der Waals surface area (Å²) in [5, 5.41) is 4.30. The molecule has 1 amide bonds. The van der Waals surface area contributed by atoms with E-state index in [1.807, 2.05) is 78.6 Å². The van der Waals surface area contributed by atoms with Gasteiger partial charge in [-0.1, -0.05) is 36.1 Å². The number of carbonyl (C=O) groups excluding carboxylic acids is 1. The van der Waals surface area contributed by atoms with Gasteiger partial charge in [-0.25, -0.2) is 9.97 Å². The maximum atomic E-state index is 11.7. The zero-order valence-corrected chi connectivity index (χ0v) is 20.3. The molecule has 6 heteroatoms. The molecule has 0 saturated carbocycles. The van der Waals surface area contributed by atoms with Crippen molar-refractivity contribution >= 4 is 28.3 Å². The molecule has 1 aliphatic rings. The van der Waals surface area contributed by atoms with Crippen LogP contribution in [0.2, 0.25) is 0 Å². The van der Waals surface area contributed by atoms with Gasteiger partial charge in [0.1, 0.15) is 23.6 Å². The lowest BCUT2D eigenvalue weighted by Gasteiger charge is -2.23. The molecular weight excluding hydrogens is 448 g/mol. The maximum Gasteiger partial charge on any atom is 0.219 e. The van der Waals surface area contributed by atoms with Crippen LogP contribution in [0.1, 0.15) is 24.5 Å². The summed E-state index contributed by atoms with van der Waals surface area (Å²) < 4.78 is 6.00. The summed E-state index contributed by atoms with van der Waals surface area (Å²) in [7, 11) is 0. The zero-order chi connectivity index (χ0) is 24.9. The van der Waals surface area contributed by atoms with Crippen molar-refractivity contribution in [1.29, 1.82) is 0 Å². The molecule has 178 valence electrons. The van der Waals surface area contributed by atoms with Gasteiger partial charge in [0.15, 0.2) is 0 Å². The van der Waals surface area contributed by atoms with Crippen molar-refractivity contribution in [2.24, 2.45) is 0 Å². The van der Waals surface area contributed by atoms with E-state index in [0.29, 0.717) is 12.4 Å². The Labute approximate surface area is 210 Å². The van der Waals surface area contributed by atoms with Crippen LogP contribution >= 0.6 is 0 Å². The standard InChI is InChI=1S/C30H26N4O2/c1-21-17-25(13-15-29(21)36-26-8-4-3-5-9-26)33-30-27-18-23(12-14-28(27)31-20-32-30)10-11-24-7-6-16-34(19-24)22(2)35/h3-5,7-9,12-15,17-18,20H,6,16,19H2,1-2H3,(H,31,32,33). The number of nitrogens with one attached hydrogen (secondary N) is 1. The second kappa shape index (κ2) is 10.3. The van der Waals surface area contributed by atoms with Crippen LogP contribution in [-0.4, -0.2) is 33.9 Å². The van der Waals surface area contributed by atoms with E-state index in [0.717, 1.165) is 57.8 Å². The summed E-state index contributed by atoms with van der Waals surface area (Å²) in [6.45, 7) is 4.93. The van der Waals surface area contributed by atoms with E-state index in [1.165, 1.54) is 0 Å². The molecule has 4 aromatic rings. The summed E-state index contributed by atoms with van der Waals surface area (Å²) in [5.74, 6) is 8.86. The summed E-state index contributed by atoms with van der Waals surface area (Å²) in [6, 6.07) is 21.6. The number of fused-ring (bicyclic) bond motifs is 1. The minimum Gasteiger partial charge on any atom is -0.457 e. The Morgan fingerprint density at radius 2 is 1.89 bits per heavy atom. The number of hydrogen-bond acceptors (Lipinski definition) is 5. The largest absolute Gasteiger partial charge is 0.457 e. The number of ether oxygens (including phenoxy) is 1. The molecule has 6 nitrogen and oxygen atoms in total. The second-order valence-corrected chi connectivity index (χ2v) is 8.68. The number of aryl methyl sites for hydroxylation is 1. The highest BCUT2D eigenvalue weighted by Gasteiger charge is 2.13. The molecule has 5 rings (SSSR count). The lowest BCUT2D eigenvalue weighted by molar-refractivity contribution is -0.128. The van der Waals surface area contributed by atoms with Gasteiger partial charge >= 0.3 is 0 Å². The van der Waals surface area contributed by atoms with Gasteiger partial charge < -0.3 is 15.0 Å². The average Bonchev–Trinajstić information content (AvgIpc) is 2.90. The number of anilines is 2. The predicted molar refractivity (Wildman–Crippen MR) is 142 cm³/mol. The van der Waals surface area contributed by atoms with E-state index in [-0.39, 0.29) is 5.91 Å². The number of nitrogens with zero attached hydrogens (tertiary/aromatic N) is 3. The number of hydrogen-bond donors (Lipinski definition) is 1. The number of benzene rings is 3.